The average molecular weight is 225 g/mol. The second-order valence-electron chi connectivity index (χ2n) is 5.61. The van der Waals surface area contributed by atoms with E-state index in [1.54, 1.807) is 0 Å². The van der Waals surface area contributed by atoms with Crippen molar-refractivity contribution in [1.82, 2.24) is 0 Å². The first-order valence-electron chi connectivity index (χ1n) is 6.84. The molecule has 1 rings (SSSR count). The molecule has 0 radical (unpaired) electrons. The van der Waals surface area contributed by atoms with Crippen LogP contribution in [-0.4, -0.2) is 5.91 Å². The third-order valence-electron chi connectivity index (χ3n) is 4.86. The monoisotopic (exact) mass is 225 g/mol. The molecule has 0 bridgehead atoms. The molecule has 2 nitrogen and oxygen atoms in total. The third kappa shape index (κ3) is 2.58. The lowest BCUT2D eigenvalue weighted by Crippen LogP contribution is -2.44. The number of hydrogen-bond donors (Lipinski definition) is 1. The van der Waals surface area contributed by atoms with E-state index in [4.69, 9.17) is 5.73 Å². The first-order chi connectivity index (χ1) is 7.54. The van der Waals surface area contributed by atoms with Crippen LogP contribution in [0.5, 0.6) is 0 Å². The van der Waals surface area contributed by atoms with Gasteiger partial charge in [0.2, 0.25) is 5.91 Å². The molecule has 1 fully saturated rings. The summed E-state index contributed by atoms with van der Waals surface area (Å²) in [5.41, 5.74) is 5.51. The molecule has 0 heterocycles. The van der Waals surface area contributed by atoms with Crippen molar-refractivity contribution in [2.75, 3.05) is 0 Å². The Morgan fingerprint density at radius 2 is 1.69 bits per heavy atom. The Kier molecular flexibility index (Phi) is 4.82. The Morgan fingerprint density at radius 3 is 2.06 bits per heavy atom. The largest absolute Gasteiger partial charge is 0.369 e. The third-order valence-corrected chi connectivity index (χ3v) is 4.86. The van der Waals surface area contributed by atoms with Gasteiger partial charge in [0, 0.05) is 0 Å². The van der Waals surface area contributed by atoms with E-state index in [1.807, 2.05) is 0 Å². The zero-order valence-corrected chi connectivity index (χ0v) is 11.1. The molecule has 1 aliphatic carbocycles. The predicted molar refractivity (Wildman–Crippen MR) is 67.9 cm³/mol. The van der Waals surface area contributed by atoms with Crippen molar-refractivity contribution in [3.8, 4) is 0 Å². The maximum atomic E-state index is 11.9. The van der Waals surface area contributed by atoms with Gasteiger partial charge in [-0.15, -0.1) is 0 Å². The standard InChI is InChI=1S/C14H27NO/c1-4-11(2)12(3)14(13(15)16)9-7-5-6-8-10-14/h11-12H,4-10H2,1-3H3,(H2,15,16). The molecule has 1 aliphatic rings. The molecule has 0 saturated heterocycles. The predicted octanol–water partition coefficient (Wildman–Crippen LogP) is 3.49. The van der Waals surface area contributed by atoms with Crippen molar-refractivity contribution in [1.29, 1.82) is 0 Å². The summed E-state index contributed by atoms with van der Waals surface area (Å²) in [6, 6.07) is 0. The Bertz CT molecular complexity index is 229. The molecular formula is C14H27NO. The van der Waals surface area contributed by atoms with Crippen molar-refractivity contribution < 1.29 is 4.79 Å². The Morgan fingerprint density at radius 1 is 1.19 bits per heavy atom. The highest BCUT2D eigenvalue weighted by Crippen LogP contribution is 2.44. The molecule has 2 heteroatoms. The summed E-state index contributed by atoms with van der Waals surface area (Å²) in [4.78, 5) is 11.9. The Labute approximate surface area is 100.0 Å². The number of rotatable bonds is 4. The molecule has 2 N–H and O–H groups in total. The summed E-state index contributed by atoms with van der Waals surface area (Å²) < 4.78 is 0. The molecule has 0 spiro atoms. The average Bonchev–Trinajstić information content (AvgIpc) is 2.53. The van der Waals surface area contributed by atoms with Crippen molar-refractivity contribution in [2.24, 2.45) is 23.0 Å². The molecule has 0 aromatic heterocycles. The minimum Gasteiger partial charge on any atom is -0.369 e. The fourth-order valence-electron chi connectivity index (χ4n) is 3.18. The summed E-state index contributed by atoms with van der Waals surface area (Å²) in [6.07, 6.45) is 8.02. The molecule has 0 aromatic carbocycles. The quantitative estimate of drug-likeness (QED) is 0.731. The van der Waals surface area contributed by atoms with Crippen LogP contribution in [-0.2, 0) is 4.79 Å². The summed E-state index contributed by atoms with van der Waals surface area (Å²) in [5.74, 6) is 0.959. The number of amides is 1. The van der Waals surface area contributed by atoms with Gasteiger partial charge in [-0.05, 0) is 24.7 Å². The van der Waals surface area contributed by atoms with Crippen LogP contribution in [0.3, 0.4) is 0 Å². The number of carbonyl (C=O) groups excluding carboxylic acids is 1. The van der Waals surface area contributed by atoms with Crippen LogP contribution >= 0.6 is 0 Å². The highest BCUT2D eigenvalue weighted by molar-refractivity contribution is 5.81. The van der Waals surface area contributed by atoms with Gasteiger partial charge in [0.25, 0.3) is 0 Å². The smallest absolute Gasteiger partial charge is 0.223 e. The molecular weight excluding hydrogens is 198 g/mol. The first-order valence-corrected chi connectivity index (χ1v) is 6.84. The number of carbonyl (C=O) groups is 1. The molecule has 16 heavy (non-hydrogen) atoms. The van der Waals surface area contributed by atoms with E-state index in [9.17, 15) is 4.79 Å². The summed E-state index contributed by atoms with van der Waals surface area (Å²) >= 11 is 0. The van der Waals surface area contributed by atoms with E-state index in [0.29, 0.717) is 11.8 Å². The summed E-state index contributed by atoms with van der Waals surface area (Å²) in [7, 11) is 0. The zero-order chi connectivity index (χ0) is 12.2. The van der Waals surface area contributed by atoms with E-state index < -0.39 is 0 Å². The Hall–Kier alpha value is -0.530. The van der Waals surface area contributed by atoms with Crippen LogP contribution in [0.1, 0.15) is 65.7 Å². The molecule has 2 unspecified atom stereocenters. The number of primary amides is 1. The van der Waals surface area contributed by atoms with Gasteiger partial charge in [0.15, 0.2) is 0 Å². The molecule has 2 atom stereocenters. The lowest BCUT2D eigenvalue weighted by molar-refractivity contribution is -0.133. The SMILES string of the molecule is CCC(C)C(C)C1(C(N)=O)CCCCCC1. The fraction of sp³-hybridized carbons (Fsp3) is 0.929. The van der Waals surface area contributed by atoms with Gasteiger partial charge in [-0.3, -0.25) is 4.79 Å². The van der Waals surface area contributed by atoms with Crippen LogP contribution in [0.25, 0.3) is 0 Å². The Balaban J connectivity index is 2.89. The van der Waals surface area contributed by atoms with Gasteiger partial charge in [-0.25, -0.2) is 0 Å². The minimum absolute atomic E-state index is 0.0535. The molecule has 1 saturated carbocycles. The number of hydrogen-bond acceptors (Lipinski definition) is 1. The highest BCUT2D eigenvalue weighted by atomic mass is 16.1. The lowest BCUT2D eigenvalue weighted by atomic mass is 9.65. The maximum absolute atomic E-state index is 11.9. The van der Waals surface area contributed by atoms with Crippen molar-refractivity contribution >= 4 is 5.91 Å². The minimum atomic E-state index is -0.216. The normalized spacial score (nSPS) is 24.4. The van der Waals surface area contributed by atoms with Gasteiger partial charge in [-0.1, -0.05) is 52.9 Å². The van der Waals surface area contributed by atoms with E-state index in [-0.39, 0.29) is 11.3 Å². The van der Waals surface area contributed by atoms with Crippen LogP contribution in [0.4, 0.5) is 0 Å². The second-order valence-corrected chi connectivity index (χ2v) is 5.61. The zero-order valence-electron chi connectivity index (χ0n) is 11.1. The van der Waals surface area contributed by atoms with Crippen LogP contribution in [0, 0.1) is 17.3 Å². The van der Waals surface area contributed by atoms with Crippen molar-refractivity contribution in [3.63, 3.8) is 0 Å². The van der Waals surface area contributed by atoms with Crippen LogP contribution in [0.2, 0.25) is 0 Å². The molecule has 1 amide bonds. The van der Waals surface area contributed by atoms with Gasteiger partial charge in [0.1, 0.15) is 0 Å². The highest BCUT2D eigenvalue weighted by Gasteiger charge is 2.43. The summed E-state index contributed by atoms with van der Waals surface area (Å²) in [5, 5.41) is 0. The van der Waals surface area contributed by atoms with Gasteiger partial charge >= 0.3 is 0 Å². The summed E-state index contributed by atoms with van der Waals surface area (Å²) in [6.45, 7) is 6.68. The van der Waals surface area contributed by atoms with Crippen molar-refractivity contribution in [2.45, 2.75) is 65.7 Å². The van der Waals surface area contributed by atoms with E-state index in [1.165, 1.54) is 25.7 Å². The first kappa shape index (κ1) is 13.5. The van der Waals surface area contributed by atoms with Gasteiger partial charge < -0.3 is 5.73 Å². The fourth-order valence-corrected chi connectivity index (χ4v) is 3.18. The number of nitrogens with two attached hydrogens (primary N) is 1. The topological polar surface area (TPSA) is 43.1 Å². The van der Waals surface area contributed by atoms with Gasteiger partial charge in [-0.2, -0.15) is 0 Å². The van der Waals surface area contributed by atoms with Gasteiger partial charge in [0.05, 0.1) is 5.41 Å². The van der Waals surface area contributed by atoms with Crippen LogP contribution < -0.4 is 5.73 Å². The van der Waals surface area contributed by atoms with E-state index in [2.05, 4.69) is 20.8 Å². The maximum Gasteiger partial charge on any atom is 0.223 e. The van der Waals surface area contributed by atoms with Crippen molar-refractivity contribution in [3.05, 3.63) is 0 Å². The molecule has 94 valence electrons. The van der Waals surface area contributed by atoms with E-state index >= 15 is 0 Å². The van der Waals surface area contributed by atoms with E-state index in [0.717, 1.165) is 19.3 Å². The van der Waals surface area contributed by atoms with Crippen LogP contribution in [0.15, 0.2) is 0 Å². The second kappa shape index (κ2) is 5.70. The lowest BCUT2D eigenvalue weighted by Gasteiger charge is -2.38. The molecule has 0 aromatic rings. The molecule has 0 aliphatic heterocycles.